The highest BCUT2D eigenvalue weighted by Crippen LogP contribution is 2.16. The molecule has 1 aromatic rings. The summed E-state index contributed by atoms with van der Waals surface area (Å²) in [6, 6.07) is 9.38. The summed E-state index contributed by atoms with van der Waals surface area (Å²) in [5.74, 6) is 0. The Kier molecular flexibility index (Phi) is 21.7. The van der Waals surface area contributed by atoms with Crippen LogP contribution < -0.4 is 0 Å². The predicted molar refractivity (Wildman–Crippen MR) is 149 cm³/mol. The summed E-state index contributed by atoms with van der Waals surface area (Å²) in [7, 11) is 0. The summed E-state index contributed by atoms with van der Waals surface area (Å²) in [5, 5.41) is 29.6. The van der Waals surface area contributed by atoms with Crippen molar-refractivity contribution in [3.63, 3.8) is 0 Å². The van der Waals surface area contributed by atoms with Gasteiger partial charge in [-0.2, -0.15) is 0 Å². The van der Waals surface area contributed by atoms with Crippen LogP contribution in [0.15, 0.2) is 30.3 Å². The molecule has 0 amide bonds. The lowest BCUT2D eigenvalue weighted by molar-refractivity contribution is -0.163. The van der Waals surface area contributed by atoms with E-state index in [9.17, 15) is 20.1 Å². The predicted octanol–water partition coefficient (Wildman–Crippen LogP) is 6.13. The van der Waals surface area contributed by atoms with Crippen LogP contribution >= 0.6 is 0 Å². The maximum Gasteiger partial charge on any atom is 0.151 e. The van der Waals surface area contributed by atoms with Crippen molar-refractivity contribution in [2.24, 2.45) is 0 Å². The van der Waals surface area contributed by atoms with Crippen molar-refractivity contribution >= 4 is 6.29 Å². The number of benzene rings is 1. The van der Waals surface area contributed by atoms with Gasteiger partial charge in [-0.1, -0.05) is 134 Å². The molecule has 0 saturated carbocycles. The number of aliphatic hydroxyl groups excluding tert-OH is 3. The first-order valence-corrected chi connectivity index (χ1v) is 14.8. The minimum Gasteiger partial charge on any atom is -0.394 e. The van der Waals surface area contributed by atoms with Crippen molar-refractivity contribution in [1.29, 1.82) is 0 Å². The van der Waals surface area contributed by atoms with Gasteiger partial charge in [0.05, 0.1) is 13.2 Å². The van der Waals surface area contributed by atoms with E-state index in [1.165, 1.54) is 83.5 Å². The Morgan fingerprint density at radius 2 is 1.22 bits per heavy atom. The van der Waals surface area contributed by atoms with E-state index in [1.54, 1.807) is 0 Å². The van der Waals surface area contributed by atoms with Crippen molar-refractivity contribution in [3.05, 3.63) is 35.9 Å². The average Bonchev–Trinajstić information content (AvgIpc) is 2.93. The van der Waals surface area contributed by atoms with Crippen molar-refractivity contribution < 1.29 is 29.6 Å². The van der Waals surface area contributed by atoms with Gasteiger partial charge in [0.15, 0.2) is 6.29 Å². The highest BCUT2D eigenvalue weighted by molar-refractivity contribution is 5.57. The summed E-state index contributed by atoms with van der Waals surface area (Å²) >= 11 is 0. The zero-order valence-electron chi connectivity index (χ0n) is 23.3. The molecule has 0 bridgehead atoms. The van der Waals surface area contributed by atoms with Gasteiger partial charge in [-0.25, -0.2) is 0 Å². The molecule has 0 fully saturated rings. The Hall–Kier alpha value is -1.31. The van der Waals surface area contributed by atoms with Crippen LogP contribution in [-0.4, -0.2) is 59.2 Å². The van der Waals surface area contributed by atoms with E-state index in [-0.39, 0.29) is 6.61 Å². The normalized spacial score (nSPS) is 14.8. The monoisotopic (exact) mass is 522 g/mol. The second kappa shape index (κ2) is 23.8. The number of rotatable bonds is 26. The maximum atomic E-state index is 11.7. The molecule has 37 heavy (non-hydrogen) atoms. The molecule has 0 saturated heterocycles. The van der Waals surface area contributed by atoms with Crippen LogP contribution in [0.2, 0.25) is 0 Å². The number of aldehydes is 1. The quantitative estimate of drug-likeness (QED) is 0.100. The van der Waals surface area contributed by atoms with Gasteiger partial charge in [0.2, 0.25) is 0 Å². The Balaban J connectivity index is 2.14. The SMILES string of the molecule is CCCCCCCCCCCCCCCCCCO[C@@H](C=O)[C@@H](OCc1ccccc1)[C@H](O)[C@H](O)CO. The molecule has 214 valence electrons. The van der Waals surface area contributed by atoms with Gasteiger partial charge >= 0.3 is 0 Å². The minimum absolute atomic E-state index is 0.160. The molecule has 0 unspecified atom stereocenters. The second-order valence-corrected chi connectivity index (χ2v) is 10.3. The number of aliphatic hydroxyl groups is 3. The average molecular weight is 523 g/mol. The topological polar surface area (TPSA) is 96.2 Å². The van der Waals surface area contributed by atoms with Crippen LogP contribution in [0.3, 0.4) is 0 Å². The molecule has 0 aliphatic heterocycles. The van der Waals surface area contributed by atoms with Gasteiger partial charge in [-0.05, 0) is 12.0 Å². The van der Waals surface area contributed by atoms with E-state index in [0.29, 0.717) is 12.9 Å². The number of unbranched alkanes of at least 4 members (excludes halogenated alkanes) is 15. The van der Waals surface area contributed by atoms with Crippen molar-refractivity contribution in [3.8, 4) is 0 Å². The van der Waals surface area contributed by atoms with E-state index in [1.807, 2.05) is 30.3 Å². The smallest absolute Gasteiger partial charge is 0.151 e. The van der Waals surface area contributed by atoms with Crippen LogP contribution in [-0.2, 0) is 20.9 Å². The molecule has 3 N–H and O–H groups in total. The van der Waals surface area contributed by atoms with E-state index in [0.717, 1.165) is 24.8 Å². The summed E-state index contributed by atoms with van der Waals surface area (Å²) < 4.78 is 11.5. The van der Waals surface area contributed by atoms with Crippen LogP contribution in [0.1, 0.15) is 115 Å². The fourth-order valence-corrected chi connectivity index (χ4v) is 4.56. The molecule has 1 rings (SSSR count). The Bertz CT molecular complexity index is 625. The van der Waals surface area contributed by atoms with E-state index in [2.05, 4.69) is 6.92 Å². The van der Waals surface area contributed by atoms with Crippen LogP contribution in [0.4, 0.5) is 0 Å². The Morgan fingerprint density at radius 1 is 0.730 bits per heavy atom. The van der Waals surface area contributed by atoms with E-state index < -0.39 is 31.0 Å². The van der Waals surface area contributed by atoms with Gasteiger partial charge in [0.25, 0.3) is 0 Å². The van der Waals surface area contributed by atoms with E-state index >= 15 is 0 Å². The number of hydrogen-bond acceptors (Lipinski definition) is 6. The first-order valence-electron chi connectivity index (χ1n) is 14.8. The zero-order chi connectivity index (χ0) is 27.0. The van der Waals surface area contributed by atoms with E-state index in [4.69, 9.17) is 9.47 Å². The molecular weight excluding hydrogens is 468 g/mol. The summed E-state index contributed by atoms with van der Waals surface area (Å²) in [6.07, 6.45) is 16.3. The molecule has 0 aliphatic rings. The maximum absolute atomic E-state index is 11.7. The fourth-order valence-electron chi connectivity index (χ4n) is 4.56. The Morgan fingerprint density at radius 3 is 1.68 bits per heavy atom. The van der Waals surface area contributed by atoms with Crippen molar-refractivity contribution in [1.82, 2.24) is 0 Å². The standard InChI is InChI=1S/C31H54O6/c1-2-3-4-5-6-7-8-9-10-11-12-13-14-15-16-20-23-36-29(25-33)31(30(35)28(34)24-32)37-26-27-21-18-17-19-22-27/h17-19,21-22,25,28-32,34-35H,2-16,20,23-24,26H2,1H3/t28-,29+,30-,31-/m1/s1. The summed E-state index contributed by atoms with van der Waals surface area (Å²) in [6.45, 7) is 2.18. The Labute approximate surface area is 225 Å². The third-order valence-electron chi connectivity index (χ3n) is 6.97. The number of hydrogen-bond donors (Lipinski definition) is 3. The number of carbonyl (C=O) groups is 1. The third-order valence-corrected chi connectivity index (χ3v) is 6.97. The molecule has 4 atom stereocenters. The molecule has 0 radical (unpaired) electrons. The van der Waals surface area contributed by atoms with Crippen molar-refractivity contribution in [2.75, 3.05) is 13.2 Å². The molecule has 1 aromatic carbocycles. The first-order chi connectivity index (χ1) is 18.1. The number of carbonyl (C=O) groups excluding carboxylic acids is 1. The molecule has 0 aromatic heterocycles. The molecule has 6 heteroatoms. The van der Waals surface area contributed by atoms with Crippen LogP contribution in [0.25, 0.3) is 0 Å². The lowest BCUT2D eigenvalue weighted by atomic mass is 10.0. The van der Waals surface area contributed by atoms with Crippen molar-refractivity contribution in [2.45, 2.75) is 141 Å². The number of ether oxygens (including phenoxy) is 2. The lowest BCUT2D eigenvalue weighted by Gasteiger charge is -2.30. The zero-order valence-corrected chi connectivity index (χ0v) is 23.3. The molecule has 0 aliphatic carbocycles. The summed E-state index contributed by atoms with van der Waals surface area (Å²) in [5.41, 5.74) is 0.876. The van der Waals surface area contributed by atoms with Gasteiger partial charge in [-0.15, -0.1) is 0 Å². The van der Waals surface area contributed by atoms with Crippen LogP contribution in [0, 0.1) is 0 Å². The molecule has 6 nitrogen and oxygen atoms in total. The largest absolute Gasteiger partial charge is 0.394 e. The molecule has 0 spiro atoms. The second-order valence-electron chi connectivity index (χ2n) is 10.3. The molecular formula is C31H54O6. The molecule has 0 heterocycles. The van der Waals surface area contributed by atoms with Gasteiger partial charge in [-0.3, -0.25) is 0 Å². The first kappa shape index (κ1) is 33.7. The third kappa shape index (κ3) is 17.0. The summed E-state index contributed by atoms with van der Waals surface area (Å²) in [4.78, 5) is 11.7. The highest BCUT2D eigenvalue weighted by Gasteiger charge is 2.34. The fraction of sp³-hybridized carbons (Fsp3) is 0.774. The van der Waals surface area contributed by atoms with Crippen LogP contribution in [0.5, 0.6) is 0 Å². The highest BCUT2D eigenvalue weighted by atomic mass is 16.6. The van der Waals surface area contributed by atoms with Gasteiger partial charge in [0, 0.05) is 6.61 Å². The minimum atomic E-state index is -1.44. The lowest BCUT2D eigenvalue weighted by Crippen LogP contribution is -2.49. The van der Waals surface area contributed by atoms with Gasteiger partial charge in [0.1, 0.15) is 24.4 Å². The van der Waals surface area contributed by atoms with Gasteiger partial charge < -0.3 is 29.6 Å².